The van der Waals surface area contributed by atoms with Gasteiger partial charge >= 0.3 is 0 Å². The monoisotopic (exact) mass is 342 g/mol. The van der Waals surface area contributed by atoms with Crippen molar-refractivity contribution < 1.29 is 4.74 Å². The van der Waals surface area contributed by atoms with Crippen molar-refractivity contribution in [3.8, 4) is 5.75 Å². The molecule has 0 aliphatic carbocycles. The van der Waals surface area contributed by atoms with Gasteiger partial charge in [-0.05, 0) is 41.5 Å². The second kappa shape index (κ2) is 6.59. The van der Waals surface area contributed by atoms with Gasteiger partial charge in [0.2, 0.25) is 0 Å². The smallest absolute Gasteiger partial charge is 0.119 e. The Morgan fingerprint density at radius 2 is 1.67 bits per heavy atom. The molecule has 106 valence electrons. The molecule has 0 amide bonds. The average Bonchev–Trinajstić information content (AvgIpc) is 3.01. The summed E-state index contributed by atoms with van der Waals surface area (Å²) in [7, 11) is 0. The van der Waals surface area contributed by atoms with Crippen LogP contribution in [0.5, 0.6) is 5.75 Å². The van der Waals surface area contributed by atoms with Crippen molar-refractivity contribution in [3.63, 3.8) is 0 Å². The lowest BCUT2D eigenvalue weighted by atomic mass is 10.1. The first-order chi connectivity index (χ1) is 10.3. The van der Waals surface area contributed by atoms with E-state index in [-0.39, 0.29) is 0 Å². The molecular weight excluding hydrogens is 328 g/mol. The lowest BCUT2D eigenvalue weighted by Gasteiger charge is -2.07. The Balaban J connectivity index is 1.58. The molecule has 0 atom stereocenters. The summed E-state index contributed by atoms with van der Waals surface area (Å²) in [6, 6.07) is 18.2. The molecule has 0 spiro atoms. The highest BCUT2D eigenvalue weighted by Crippen LogP contribution is 2.17. The molecule has 0 radical (unpaired) electrons. The Bertz CT molecular complexity index is 676. The van der Waals surface area contributed by atoms with E-state index in [0.29, 0.717) is 6.61 Å². The summed E-state index contributed by atoms with van der Waals surface area (Å²) >= 11 is 3.41. The highest BCUT2D eigenvalue weighted by Gasteiger charge is 1.99. The van der Waals surface area contributed by atoms with Gasteiger partial charge in [0.15, 0.2) is 0 Å². The Morgan fingerprint density at radius 1 is 0.952 bits per heavy atom. The summed E-state index contributed by atoms with van der Waals surface area (Å²) in [5.74, 6) is 0.874. The second-order valence-corrected chi connectivity index (χ2v) is 5.68. The summed E-state index contributed by atoms with van der Waals surface area (Å²) in [4.78, 5) is 0. The third kappa shape index (κ3) is 3.95. The minimum absolute atomic E-state index is 0.573. The van der Waals surface area contributed by atoms with Crippen molar-refractivity contribution in [3.05, 3.63) is 82.6 Å². The fraction of sp³-hybridized carbons (Fsp3) is 0.118. The molecular formula is C17H15BrN2O. The molecule has 21 heavy (non-hydrogen) atoms. The van der Waals surface area contributed by atoms with Gasteiger partial charge in [0.25, 0.3) is 0 Å². The highest BCUT2D eigenvalue weighted by atomic mass is 79.9. The number of ether oxygens (including phenoxy) is 1. The van der Waals surface area contributed by atoms with E-state index in [9.17, 15) is 0 Å². The van der Waals surface area contributed by atoms with Crippen molar-refractivity contribution in [1.29, 1.82) is 0 Å². The topological polar surface area (TPSA) is 27.1 Å². The molecule has 0 unspecified atom stereocenters. The van der Waals surface area contributed by atoms with Crippen LogP contribution in [0.3, 0.4) is 0 Å². The molecule has 4 heteroatoms. The van der Waals surface area contributed by atoms with Gasteiger partial charge in [-0.2, -0.15) is 5.10 Å². The van der Waals surface area contributed by atoms with Crippen LogP contribution in [0.1, 0.15) is 11.1 Å². The summed E-state index contributed by atoms with van der Waals surface area (Å²) in [6.07, 6.45) is 3.75. The van der Waals surface area contributed by atoms with Gasteiger partial charge in [-0.1, -0.05) is 40.2 Å². The molecule has 0 aliphatic rings. The van der Waals surface area contributed by atoms with Gasteiger partial charge in [0.1, 0.15) is 12.4 Å². The van der Waals surface area contributed by atoms with Crippen molar-refractivity contribution in [1.82, 2.24) is 9.78 Å². The van der Waals surface area contributed by atoms with Crippen LogP contribution in [0.2, 0.25) is 0 Å². The van der Waals surface area contributed by atoms with Gasteiger partial charge in [0.05, 0.1) is 6.54 Å². The number of aromatic nitrogens is 2. The molecule has 3 nitrogen and oxygen atoms in total. The molecule has 1 aromatic heterocycles. The normalized spacial score (nSPS) is 10.5. The number of benzene rings is 2. The van der Waals surface area contributed by atoms with Crippen LogP contribution in [0, 0.1) is 0 Å². The number of hydrogen-bond acceptors (Lipinski definition) is 2. The first kappa shape index (κ1) is 13.9. The van der Waals surface area contributed by atoms with Crippen LogP contribution in [0.15, 0.2) is 71.5 Å². The molecule has 3 aromatic rings. The Labute approximate surface area is 132 Å². The summed E-state index contributed by atoms with van der Waals surface area (Å²) in [5.41, 5.74) is 2.38. The summed E-state index contributed by atoms with van der Waals surface area (Å²) < 4.78 is 8.72. The van der Waals surface area contributed by atoms with Gasteiger partial charge in [0, 0.05) is 16.9 Å². The van der Waals surface area contributed by atoms with Crippen LogP contribution >= 0.6 is 15.9 Å². The van der Waals surface area contributed by atoms with Gasteiger partial charge in [-0.25, -0.2) is 0 Å². The zero-order valence-electron chi connectivity index (χ0n) is 11.4. The fourth-order valence-corrected chi connectivity index (χ4v) is 2.28. The Morgan fingerprint density at radius 3 is 2.33 bits per heavy atom. The lowest BCUT2D eigenvalue weighted by Crippen LogP contribution is -2.00. The quantitative estimate of drug-likeness (QED) is 0.692. The number of rotatable bonds is 5. The van der Waals surface area contributed by atoms with E-state index in [4.69, 9.17) is 4.74 Å². The lowest BCUT2D eigenvalue weighted by molar-refractivity contribution is 0.306. The third-order valence-electron chi connectivity index (χ3n) is 3.15. The largest absolute Gasteiger partial charge is 0.489 e. The Hall–Kier alpha value is -2.07. The second-order valence-electron chi connectivity index (χ2n) is 4.76. The third-order valence-corrected chi connectivity index (χ3v) is 3.67. The fourth-order valence-electron chi connectivity index (χ4n) is 2.02. The molecule has 0 bridgehead atoms. The SMILES string of the molecule is Brc1ccc(OCc2ccc(Cn3cccn3)cc2)cc1. The van der Waals surface area contributed by atoms with E-state index < -0.39 is 0 Å². The van der Waals surface area contributed by atoms with Crippen molar-refractivity contribution in [2.45, 2.75) is 13.2 Å². The molecule has 2 aromatic carbocycles. The Kier molecular flexibility index (Phi) is 4.36. The van der Waals surface area contributed by atoms with Gasteiger partial charge in [-0.15, -0.1) is 0 Å². The molecule has 1 heterocycles. The first-order valence-electron chi connectivity index (χ1n) is 6.73. The summed E-state index contributed by atoms with van der Waals surface area (Å²) in [5, 5.41) is 4.21. The van der Waals surface area contributed by atoms with E-state index in [1.165, 1.54) is 5.56 Å². The van der Waals surface area contributed by atoms with Crippen molar-refractivity contribution in [2.24, 2.45) is 0 Å². The summed E-state index contributed by atoms with van der Waals surface area (Å²) in [6.45, 7) is 1.37. The maximum Gasteiger partial charge on any atom is 0.119 e. The van der Waals surface area contributed by atoms with Crippen LogP contribution in [0.25, 0.3) is 0 Å². The predicted molar refractivity (Wildman–Crippen MR) is 86.2 cm³/mol. The maximum atomic E-state index is 5.75. The van der Waals surface area contributed by atoms with E-state index in [2.05, 4.69) is 45.3 Å². The zero-order chi connectivity index (χ0) is 14.5. The van der Waals surface area contributed by atoms with Crippen LogP contribution in [-0.4, -0.2) is 9.78 Å². The van der Waals surface area contributed by atoms with Gasteiger partial charge in [-0.3, -0.25) is 4.68 Å². The maximum absolute atomic E-state index is 5.75. The zero-order valence-corrected chi connectivity index (χ0v) is 13.0. The number of nitrogens with zero attached hydrogens (tertiary/aromatic N) is 2. The van der Waals surface area contributed by atoms with E-state index in [0.717, 1.165) is 22.3 Å². The van der Waals surface area contributed by atoms with Gasteiger partial charge < -0.3 is 4.74 Å². The van der Waals surface area contributed by atoms with E-state index >= 15 is 0 Å². The van der Waals surface area contributed by atoms with Crippen molar-refractivity contribution >= 4 is 15.9 Å². The molecule has 0 saturated heterocycles. The highest BCUT2D eigenvalue weighted by molar-refractivity contribution is 9.10. The van der Waals surface area contributed by atoms with E-state index in [1.807, 2.05) is 41.2 Å². The average molecular weight is 343 g/mol. The molecule has 0 fully saturated rings. The van der Waals surface area contributed by atoms with Crippen molar-refractivity contribution in [2.75, 3.05) is 0 Å². The van der Waals surface area contributed by atoms with Crippen LogP contribution in [-0.2, 0) is 13.2 Å². The van der Waals surface area contributed by atoms with E-state index in [1.54, 1.807) is 6.20 Å². The standard InChI is InChI=1S/C17H15BrN2O/c18-16-6-8-17(9-7-16)21-13-15-4-2-14(3-5-15)12-20-11-1-10-19-20/h1-11H,12-13H2. The first-order valence-corrected chi connectivity index (χ1v) is 7.52. The molecule has 0 N–H and O–H groups in total. The molecule has 3 rings (SSSR count). The minimum Gasteiger partial charge on any atom is -0.489 e. The molecule has 0 saturated carbocycles. The van der Waals surface area contributed by atoms with Crippen LogP contribution < -0.4 is 4.74 Å². The number of halogens is 1. The minimum atomic E-state index is 0.573. The van der Waals surface area contributed by atoms with Crippen LogP contribution in [0.4, 0.5) is 0 Å². The molecule has 0 aliphatic heterocycles. The predicted octanol–water partition coefficient (Wildman–Crippen LogP) is 4.27. The number of hydrogen-bond donors (Lipinski definition) is 0.